The van der Waals surface area contributed by atoms with Crippen molar-refractivity contribution < 1.29 is 9.53 Å². The molecule has 0 aromatic carbocycles. The van der Waals surface area contributed by atoms with Crippen LogP contribution in [-0.4, -0.2) is 31.6 Å². The number of rotatable bonds is 3. The summed E-state index contributed by atoms with van der Waals surface area (Å²) in [6, 6.07) is 0.144. The van der Waals surface area contributed by atoms with Gasteiger partial charge in [-0.15, -0.1) is 0 Å². The van der Waals surface area contributed by atoms with E-state index in [-0.39, 0.29) is 6.04 Å². The summed E-state index contributed by atoms with van der Waals surface area (Å²) in [4.78, 5) is 12.1. The molecule has 16 heavy (non-hydrogen) atoms. The highest BCUT2D eigenvalue weighted by molar-refractivity contribution is 5.84. The first-order chi connectivity index (χ1) is 7.86. The third kappa shape index (κ3) is 3.56. The van der Waals surface area contributed by atoms with E-state index in [0.717, 1.165) is 45.4 Å². The highest BCUT2D eigenvalue weighted by atomic mass is 16.5. The molecule has 2 aliphatic rings. The maximum Gasteiger partial charge on any atom is 0.150 e. The fourth-order valence-electron chi connectivity index (χ4n) is 2.68. The van der Waals surface area contributed by atoms with Crippen molar-refractivity contribution in [3.63, 3.8) is 0 Å². The number of ether oxygens (including phenoxy) is 1. The van der Waals surface area contributed by atoms with E-state index >= 15 is 0 Å². The number of nitrogens with one attached hydrogen (secondary N) is 1. The highest BCUT2D eigenvalue weighted by Crippen LogP contribution is 2.21. The molecule has 1 atom stereocenters. The van der Waals surface area contributed by atoms with Gasteiger partial charge in [-0.2, -0.15) is 0 Å². The molecule has 0 saturated carbocycles. The molecular weight excluding hydrogens is 202 g/mol. The van der Waals surface area contributed by atoms with Gasteiger partial charge in [-0.25, -0.2) is 0 Å². The molecule has 0 amide bonds. The fraction of sp³-hybridized carbons (Fsp3) is 0.923. The molecule has 0 radical (unpaired) electrons. The molecule has 0 aromatic rings. The first-order valence-corrected chi connectivity index (χ1v) is 6.70. The van der Waals surface area contributed by atoms with Crippen LogP contribution in [-0.2, 0) is 9.53 Å². The lowest BCUT2D eigenvalue weighted by Crippen LogP contribution is -2.37. The van der Waals surface area contributed by atoms with Crippen molar-refractivity contribution in [1.29, 1.82) is 0 Å². The molecule has 0 aromatic heterocycles. The molecule has 2 aliphatic heterocycles. The van der Waals surface area contributed by atoms with Crippen LogP contribution in [0.15, 0.2) is 0 Å². The molecule has 0 aliphatic carbocycles. The topological polar surface area (TPSA) is 38.3 Å². The lowest BCUT2D eigenvalue weighted by Gasteiger charge is -2.23. The van der Waals surface area contributed by atoms with Crippen molar-refractivity contribution in [2.45, 2.75) is 51.0 Å². The zero-order valence-corrected chi connectivity index (χ0v) is 10.0. The number of hydrogen-bond donors (Lipinski definition) is 1. The van der Waals surface area contributed by atoms with Crippen molar-refractivity contribution in [1.82, 2.24) is 5.32 Å². The maximum atomic E-state index is 12.1. The van der Waals surface area contributed by atoms with Crippen LogP contribution in [0, 0.1) is 5.92 Å². The third-order valence-electron chi connectivity index (χ3n) is 3.78. The Bertz CT molecular complexity index is 216. The predicted molar refractivity (Wildman–Crippen MR) is 63.4 cm³/mol. The third-order valence-corrected chi connectivity index (χ3v) is 3.78. The largest absolute Gasteiger partial charge is 0.381 e. The Morgan fingerprint density at radius 3 is 2.75 bits per heavy atom. The maximum absolute atomic E-state index is 12.1. The Balaban J connectivity index is 1.76. The summed E-state index contributed by atoms with van der Waals surface area (Å²) in [5.74, 6) is 1.01. The number of carbonyl (C=O) groups is 1. The van der Waals surface area contributed by atoms with Crippen molar-refractivity contribution in [3.8, 4) is 0 Å². The quantitative estimate of drug-likeness (QED) is 0.797. The second-order valence-corrected chi connectivity index (χ2v) is 5.08. The molecule has 3 heteroatoms. The summed E-state index contributed by atoms with van der Waals surface area (Å²) in [5.41, 5.74) is 0. The Kier molecular flexibility index (Phi) is 4.79. The van der Waals surface area contributed by atoms with Gasteiger partial charge in [0.2, 0.25) is 0 Å². The molecule has 2 fully saturated rings. The van der Waals surface area contributed by atoms with Crippen LogP contribution in [0.25, 0.3) is 0 Å². The molecule has 3 nitrogen and oxygen atoms in total. The first kappa shape index (κ1) is 12.1. The minimum absolute atomic E-state index is 0.144. The van der Waals surface area contributed by atoms with Crippen LogP contribution in [0.1, 0.15) is 44.9 Å². The molecule has 0 spiro atoms. The fourth-order valence-corrected chi connectivity index (χ4v) is 2.68. The van der Waals surface area contributed by atoms with Crippen molar-refractivity contribution in [2.24, 2.45) is 5.92 Å². The van der Waals surface area contributed by atoms with Gasteiger partial charge >= 0.3 is 0 Å². The van der Waals surface area contributed by atoms with Crippen LogP contribution < -0.4 is 5.32 Å². The summed E-state index contributed by atoms with van der Waals surface area (Å²) in [6.45, 7) is 2.70. The molecule has 1 N–H and O–H groups in total. The van der Waals surface area contributed by atoms with Gasteiger partial charge in [0.25, 0.3) is 0 Å². The Morgan fingerprint density at radius 2 is 1.94 bits per heavy atom. The summed E-state index contributed by atoms with van der Waals surface area (Å²) >= 11 is 0. The van der Waals surface area contributed by atoms with E-state index in [1.807, 2.05) is 0 Å². The summed E-state index contributed by atoms with van der Waals surface area (Å²) < 4.78 is 5.32. The van der Waals surface area contributed by atoms with Crippen LogP contribution in [0.5, 0.6) is 0 Å². The lowest BCUT2D eigenvalue weighted by atomic mass is 9.91. The molecular formula is C13H23NO2. The Labute approximate surface area is 97.9 Å². The number of carbonyl (C=O) groups excluding carboxylic acids is 1. The zero-order chi connectivity index (χ0) is 11.2. The number of ketones is 1. The van der Waals surface area contributed by atoms with Gasteiger partial charge in [0.15, 0.2) is 0 Å². The summed E-state index contributed by atoms with van der Waals surface area (Å²) in [5, 5.41) is 3.39. The molecule has 2 rings (SSSR count). The van der Waals surface area contributed by atoms with E-state index in [2.05, 4.69) is 5.32 Å². The van der Waals surface area contributed by atoms with Crippen LogP contribution in [0.2, 0.25) is 0 Å². The second kappa shape index (κ2) is 6.36. The number of hydrogen-bond acceptors (Lipinski definition) is 3. The average molecular weight is 225 g/mol. The molecule has 92 valence electrons. The zero-order valence-electron chi connectivity index (χ0n) is 10.0. The van der Waals surface area contributed by atoms with Gasteiger partial charge in [-0.3, -0.25) is 4.79 Å². The van der Waals surface area contributed by atoms with E-state index in [9.17, 15) is 4.79 Å². The van der Waals surface area contributed by atoms with Gasteiger partial charge in [0, 0.05) is 19.6 Å². The smallest absolute Gasteiger partial charge is 0.150 e. The van der Waals surface area contributed by atoms with Gasteiger partial charge in [-0.05, 0) is 38.1 Å². The van der Waals surface area contributed by atoms with E-state index < -0.39 is 0 Å². The predicted octanol–water partition coefficient (Wildman–Crippen LogP) is 1.90. The molecule has 1 unspecified atom stereocenters. The highest BCUT2D eigenvalue weighted by Gasteiger charge is 2.23. The molecule has 2 saturated heterocycles. The van der Waals surface area contributed by atoms with E-state index in [4.69, 9.17) is 4.74 Å². The van der Waals surface area contributed by atoms with Crippen LogP contribution in [0.3, 0.4) is 0 Å². The SMILES string of the molecule is O=C(CC1CCOCC1)C1CCCCCN1. The standard InChI is InChI=1S/C13H23NO2/c15-13(10-11-5-8-16-9-6-11)12-4-2-1-3-7-14-12/h11-12,14H,1-10H2. The van der Waals surface area contributed by atoms with Gasteiger partial charge in [-0.1, -0.05) is 12.8 Å². The van der Waals surface area contributed by atoms with E-state index in [0.29, 0.717) is 11.7 Å². The van der Waals surface area contributed by atoms with Crippen molar-refractivity contribution >= 4 is 5.78 Å². The minimum Gasteiger partial charge on any atom is -0.381 e. The van der Waals surface area contributed by atoms with Crippen LogP contribution in [0.4, 0.5) is 0 Å². The van der Waals surface area contributed by atoms with Gasteiger partial charge < -0.3 is 10.1 Å². The summed E-state index contributed by atoms with van der Waals surface area (Å²) in [6.07, 6.45) is 7.65. The van der Waals surface area contributed by atoms with Crippen molar-refractivity contribution in [3.05, 3.63) is 0 Å². The minimum atomic E-state index is 0.144. The normalized spacial score (nSPS) is 28.6. The van der Waals surface area contributed by atoms with Gasteiger partial charge in [0.05, 0.1) is 6.04 Å². The number of Topliss-reactive ketones (excluding diaryl/α,β-unsaturated/α-hetero) is 1. The second-order valence-electron chi connectivity index (χ2n) is 5.08. The van der Waals surface area contributed by atoms with Crippen molar-refractivity contribution in [2.75, 3.05) is 19.8 Å². The Hall–Kier alpha value is -0.410. The molecule has 2 heterocycles. The molecule has 0 bridgehead atoms. The first-order valence-electron chi connectivity index (χ1n) is 6.70. The lowest BCUT2D eigenvalue weighted by molar-refractivity contribution is -0.122. The summed E-state index contributed by atoms with van der Waals surface area (Å²) in [7, 11) is 0. The average Bonchev–Trinajstić information content (AvgIpc) is 2.59. The van der Waals surface area contributed by atoms with Gasteiger partial charge in [0.1, 0.15) is 5.78 Å². The monoisotopic (exact) mass is 225 g/mol. The van der Waals surface area contributed by atoms with Crippen LogP contribution >= 0.6 is 0 Å². The van der Waals surface area contributed by atoms with E-state index in [1.54, 1.807) is 0 Å². The Morgan fingerprint density at radius 1 is 1.12 bits per heavy atom. The van der Waals surface area contributed by atoms with E-state index in [1.165, 1.54) is 19.3 Å².